The first-order valence-electron chi connectivity index (χ1n) is 8.69. The summed E-state index contributed by atoms with van der Waals surface area (Å²) < 4.78 is 13.0. The second-order valence-corrected chi connectivity index (χ2v) is 6.45. The highest BCUT2D eigenvalue weighted by Gasteiger charge is 2.25. The van der Waals surface area contributed by atoms with E-state index in [4.69, 9.17) is 5.11 Å². The lowest BCUT2D eigenvalue weighted by Gasteiger charge is -2.36. The Hall–Kier alpha value is -3.16. The average Bonchev–Trinajstić information content (AvgIpc) is 2.68. The van der Waals surface area contributed by atoms with Crippen LogP contribution in [0.4, 0.5) is 20.8 Å². The topological polar surface area (TPSA) is 85.8 Å². The van der Waals surface area contributed by atoms with Gasteiger partial charge in [-0.2, -0.15) is 0 Å². The van der Waals surface area contributed by atoms with Crippen molar-refractivity contribution in [3.8, 4) is 0 Å². The first-order valence-corrected chi connectivity index (χ1v) is 8.69. The van der Waals surface area contributed by atoms with Crippen LogP contribution in [0.1, 0.15) is 23.2 Å². The third-order valence-electron chi connectivity index (χ3n) is 4.73. The van der Waals surface area contributed by atoms with Crippen molar-refractivity contribution >= 4 is 23.6 Å². The summed E-state index contributed by atoms with van der Waals surface area (Å²) in [4.78, 5) is 31.2. The standard InChI is InChI=1S/C19H21FN4O3/c1-23(15-9-11-24(12-10-15)19(26)27)17-4-2-3-16(21-17)22-18(25)13-5-7-14(20)8-6-13/h2-8,15H,9-12H2,1H3,(H,26,27)(H,21,22,25). The molecule has 2 heterocycles. The normalized spacial score (nSPS) is 14.7. The molecule has 1 aromatic heterocycles. The van der Waals surface area contributed by atoms with E-state index in [0.29, 0.717) is 30.3 Å². The minimum Gasteiger partial charge on any atom is -0.465 e. The second-order valence-electron chi connectivity index (χ2n) is 6.45. The molecule has 0 spiro atoms. The molecule has 142 valence electrons. The van der Waals surface area contributed by atoms with Gasteiger partial charge in [0, 0.05) is 31.7 Å². The van der Waals surface area contributed by atoms with Crippen LogP contribution in [0.3, 0.4) is 0 Å². The van der Waals surface area contributed by atoms with Crippen LogP contribution in [0.25, 0.3) is 0 Å². The molecule has 1 aliphatic rings. The summed E-state index contributed by atoms with van der Waals surface area (Å²) >= 11 is 0. The Morgan fingerprint density at radius 1 is 1.19 bits per heavy atom. The van der Waals surface area contributed by atoms with Crippen LogP contribution in [-0.2, 0) is 0 Å². The number of carbonyl (C=O) groups is 2. The Labute approximate surface area is 156 Å². The highest BCUT2D eigenvalue weighted by Crippen LogP contribution is 2.22. The van der Waals surface area contributed by atoms with Crippen molar-refractivity contribution in [2.45, 2.75) is 18.9 Å². The number of likely N-dealkylation sites (tertiary alicyclic amines) is 1. The molecular weight excluding hydrogens is 351 g/mol. The number of hydrogen-bond donors (Lipinski definition) is 2. The Morgan fingerprint density at radius 3 is 2.48 bits per heavy atom. The Morgan fingerprint density at radius 2 is 1.85 bits per heavy atom. The number of nitrogens with zero attached hydrogens (tertiary/aromatic N) is 3. The predicted octanol–water partition coefficient (Wildman–Crippen LogP) is 3.05. The van der Waals surface area contributed by atoms with Crippen molar-refractivity contribution in [2.75, 3.05) is 30.4 Å². The van der Waals surface area contributed by atoms with Gasteiger partial charge in [0.15, 0.2) is 0 Å². The predicted molar refractivity (Wildman–Crippen MR) is 99.6 cm³/mol. The van der Waals surface area contributed by atoms with Crippen molar-refractivity contribution < 1.29 is 19.1 Å². The molecule has 0 unspecified atom stereocenters. The van der Waals surface area contributed by atoms with Gasteiger partial charge in [0.25, 0.3) is 5.91 Å². The number of hydrogen-bond acceptors (Lipinski definition) is 4. The number of aromatic nitrogens is 1. The summed E-state index contributed by atoms with van der Waals surface area (Å²) in [6.45, 7) is 0.983. The Bertz CT molecular complexity index is 820. The first-order chi connectivity index (χ1) is 12.9. The molecule has 2 amide bonds. The third-order valence-corrected chi connectivity index (χ3v) is 4.73. The van der Waals surface area contributed by atoms with E-state index in [-0.39, 0.29) is 11.9 Å². The zero-order valence-corrected chi connectivity index (χ0v) is 14.9. The van der Waals surface area contributed by atoms with Gasteiger partial charge >= 0.3 is 6.09 Å². The molecular formula is C19H21FN4O3. The highest BCUT2D eigenvalue weighted by molar-refractivity contribution is 6.03. The number of benzene rings is 1. The molecule has 1 aliphatic heterocycles. The van der Waals surface area contributed by atoms with Gasteiger partial charge < -0.3 is 20.2 Å². The van der Waals surface area contributed by atoms with Crippen LogP contribution in [0, 0.1) is 5.82 Å². The van der Waals surface area contributed by atoms with E-state index in [1.165, 1.54) is 29.2 Å². The van der Waals surface area contributed by atoms with Crippen LogP contribution in [-0.4, -0.2) is 53.2 Å². The van der Waals surface area contributed by atoms with E-state index < -0.39 is 11.9 Å². The molecule has 0 atom stereocenters. The summed E-state index contributed by atoms with van der Waals surface area (Å²) in [6, 6.07) is 10.8. The summed E-state index contributed by atoms with van der Waals surface area (Å²) in [5.41, 5.74) is 0.345. The molecule has 0 aliphatic carbocycles. The lowest BCUT2D eigenvalue weighted by Crippen LogP contribution is -2.45. The molecule has 7 nitrogen and oxygen atoms in total. The average molecular weight is 372 g/mol. The Kier molecular flexibility index (Phi) is 5.54. The summed E-state index contributed by atoms with van der Waals surface area (Å²) in [6.07, 6.45) is 0.549. The van der Waals surface area contributed by atoms with E-state index in [9.17, 15) is 14.0 Å². The fourth-order valence-electron chi connectivity index (χ4n) is 3.11. The molecule has 8 heteroatoms. The second kappa shape index (κ2) is 8.03. The summed E-state index contributed by atoms with van der Waals surface area (Å²) in [5, 5.41) is 11.8. The monoisotopic (exact) mass is 372 g/mol. The highest BCUT2D eigenvalue weighted by atomic mass is 19.1. The van der Waals surface area contributed by atoms with Gasteiger partial charge in [0.05, 0.1) is 0 Å². The van der Waals surface area contributed by atoms with Gasteiger partial charge in [-0.3, -0.25) is 4.79 Å². The maximum Gasteiger partial charge on any atom is 0.407 e. The van der Waals surface area contributed by atoms with E-state index in [0.717, 1.165) is 12.8 Å². The van der Waals surface area contributed by atoms with Crippen LogP contribution < -0.4 is 10.2 Å². The largest absolute Gasteiger partial charge is 0.465 e. The van der Waals surface area contributed by atoms with Crippen LogP contribution >= 0.6 is 0 Å². The van der Waals surface area contributed by atoms with Crippen molar-refractivity contribution in [1.29, 1.82) is 0 Å². The maximum atomic E-state index is 13.0. The smallest absolute Gasteiger partial charge is 0.407 e. The number of pyridine rings is 1. The van der Waals surface area contributed by atoms with Crippen molar-refractivity contribution in [3.05, 3.63) is 53.8 Å². The van der Waals surface area contributed by atoms with Gasteiger partial charge in [-0.1, -0.05) is 6.07 Å². The molecule has 1 saturated heterocycles. The van der Waals surface area contributed by atoms with Crippen molar-refractivity contribution in [3.63, 3.8) is 0 Å². The summed E-state index contributed by atoms with van der Waals surface area (Å²) in [7, 11) is 1.91. The first kappa shape index (κ1) is 18.6. The number of amides is 2. The minimum absolute atomic E-state index is 0.177. The number of rotatable bonds is 4. The molecule has 2 N–H and O–H groups in total. The fourth-order valence-corrected chi connectivity index (χ4v) is 3.11. The number of carbonyl (C=O) groups excluding carboxylic acids is 1. The fraction of sp³-hybridized carbons (Fsp3) is 0.316. The lowest BCUT2D eigenvalue weighted by molar-refractivity contribution is 0.102. The van der Waals surface area contributed by atoms with Crippen LogP contribution in [0.2, 0.25) is 0 Å². The molecule has 0 radical (unpaired) electrons. The summed E-state index contributed by atoms with van der Waals surface area (Å²) in [5.74, 6) is 0.330. The van der Waals surface area contributed by atoms with Crippen molar-refractivity contribution in [2.24, 2.45) is 0 Å². The number of carboxylic acid groups (broad SMARTS) is 1. The van der Waals surface area contributed by atoms with Crippen LogP contribution in [0.5, 0.6) is 0 Å². The minimum atomic E-state index is -0.889. The van der Waals surface area contributed by atoms with E-state index in [1.54, 1.807) is 12.1 Å². The van der Waals surface area contributed by atoms with Gasteiger partial charge in [-0.15, -0.1) is 0 Å². The van der Waals surface area contributed by atoms with E-state index in [2.05, 4.69) is 10.3 Å². The molecule has 0 saturated carbocycles. The van der Waals surface area contributed by atoms with Gasteiger partial charge in [0.1, 0.15) is 17.5 Å². The Balaban J connectivity index is 1.65. The molecule has 27 heavy (non-hydrogen) atoms. The zero-order valence-electron chi connectivity index (χ0n) is 14.9. The lowest BCUT2D eigenvalue weighted by atomic mass is 10.0. The number of piperidine rings is 1. The number of halogens is 1. The van der Waals surface area contributed by atoms with Gasteiger partial charge in [-0.05, 0) is 49.2 Å². The molecule has 1 aromatic carbocycles. The molecule has 2 aromatic rings. The SMILES string of the molecule is CN(c1cccc(NC(=O)c2ccc(F)cc2)n1)C1CCN(C(=O)O)CC1. The van der Waals surface area contributed by atoms with Crippen molar-refractivity contribution in [1.82, 2.24) is 9.88 Å². The van der Waals surface area contributed by atoms with Crippen LogP contribution in [0.15, 0.2) is 42.5 Å². The van der Waals surface area contributed by atoms with E-state index >= 15 is 0 Å². The van der Waals surface area contributed by atoms with Gasteiger partial charge in [-0.25, -0.2) is 14.2 Å². The zero-order chi connectivity index (χ0) is 19.4. The maximum absolute atomic E-state index is 13.0. The number of nitrogens with one attached hydrogen (secondary N) is 1. The molecule has 3 rings (SSSR count). The van der Waals surface area contributed by atoms with E-state index in [1.807, 2.05) is 18.0 Å². The molecule has 0 bridgehead atoms. The quantitative estimate of drug-likeness (QED) is 0.862. The van der Waals surface area contributed by atoms with Gasteiger partial charge in [0.2, 0.25) is 0 Å². The third kappa shape index (κ3) is 4.52. The molecule has 1 fully saturated rings. The number of anilines is 2.